The number of aliphatic hydroxyl groups excluding tert-OH is 1. The molecule has 0 saturated carbocycles. The molecule has 1 aromatic rings. The number of halogens is 1. The normalized spacial score (nSPS) is 17.5. The van der Waals surface area contributed by atoms with E-state index in [-0.39, 0.29) is 6.61 Å². The van der Waals surface area contributed by atoms with Crippen molar-refractivity contribution in [3.05, 3.63) is 23.0 Å². The van der Waals surface area contributed by atoms with E-state index >= 15 is 0 Å². The van der Waals surface area contributed by atoms with E-state index in [2.05, 4.69) is 21.7 Å². The van der Waals surface area contributed by atoms with Gasteiger partial charge in [0.25, 0.3) is 0 Å². The molecule has 4 nitrogen and oxygen atoms in total. The van der Waals surface area contributed by atoms with Gasteiger partial charge >= 0.3 is 0 Å². The van der Waals surface area contributed by atoms with Crippen LogP contribution >= 0.6 is 11.6 Å². The van der Waals surface area contributed by atoms with Crippen molar-refractivity contribution in [3.63, 3.8) is 0 Å². The first-order chi connectivity index (χ1) is 8.20. The van der Waals surface area contributed by atoms with Crippen molar-refractivity contribution in [2.75, 3.05) is 44.2 Å². The Bertz CT molecular complexity index is 378. The minimum absolute atomic E-state index is 0.238. The molecule has 0 bridgehead atoms. The molecule has 0 atom stereocenters. The third-order valence-electron chi connectivity index (χ3n) is 3.18. The number of β-amino-alcohol motifs (C(OH)–C–C–N with tert-alkyl or cyclic N) is 1. The Morgan fingerprint density at radius 3 is 2.65 bits per heavy atom. The van der Waals surface area contributed by atoms with Crippen LogP contribution in [0.1, 0.15) is 5.56 Å². The second-order valence-electron chi connectivity index (χ2n) is 4.35. The Hall–Kier alpha value is -0.840. The Balaban J connectivity index is 2.00. The van der Waals surface area contributed by atoms with Crippen LogP contribution in [0.3, 0.4) is 0 Å². The Morgan fingerprint density at radius 1 is 1.35 bits per heavy atom. The number of hydrogen-bond acceptors (Lipinski definition) is 4. The van der Waals surface area contributed by atoms with Gasteiger partial charge < -0.3 is 10.0 Å². The fraction of sp³-hybridized carbons (Fsp3) is 0.583. The summed E-state index contributed by atoms with van der Waals surface area (Å²) in [4.78, 5) is 8.74. The predicted molar refractivity (Wildman–Crippen MR) is 69.7 cm³/mol. The van der Waals surface area contributed by atoms with Crippen LogP contribution < -0.4 is 4.90 Å². The largest absolute Gasteiger partial charge is 0.395 e. The third-order valence-corrected chi connectivity index (χ3v) is 3.39. The molecule has 1 aliphatic rings. The van der Waals surface area contributed by atoms with Gasteiger partial charge in [-0.15, -0.1) is 0 Å². The van der Waals surface area contributed by atoms with Crippen molar-refractivity contribution in [1.82, 2.24) is 9.88 Å². The summed E-state index contributed by atoms with van der Waals surface area (Å²) in [6, 6.07) is 1.90. The van der Waals surface area contributed by atoms with E-state index in [9.17, 15) is 0 Å². The van der Waals surface area contributed by atoms with Crippen LogP contribution in [-0.4, -0.2) is 54.3 Å². The van der Waals surface area contributed by atoms with Gasteiger partial charge in [0.15, 0.2) is 0 Å². The molecule has 0 spiro atoms. The summed E-state index contributed by atoms with van der Waals surface area (Å²) in [6.07, 6.45) is 1.85. The first-order valence-corrected chi connectivity index (χ1v) is 6.29. The number of piperazine rings is 1. The van der Waals surface area contributed by atoms with Gasteiger partial charge in [0, 0.05) is 32.7 Å². The second kappa shape index (κ2) is 5.67. The molecular formula is C12H18ClN3O. The SMILES string of the molecule is Cc1cc(Cl)ncc1N1CCN(CCO)CC1. The Labute approximate surface area is 107 Å². The molecule has 0 aliphatic carbocycles. The van der Waals surface area contributed by atoms with Crippen LogP contribution in [0, 0.1) is 6.92 Å². The third kappa shape index (κ3) is 3.09. The van der Waals surface area contributed by atoms with Crippen molar-refractivity contribution in [1.29, 1.82) is 0 Å². The van der Waals surface area contributed by atoms with Crippen molar-refractivity contribution in [2.45, 2.75) is 6.92 Å². The maximum absolute atomic E-state index is 8.90. The number of pyridine rings is 1. The molecule has 1 aliphatic heterocycles. The van der Waals surface area contributed by atoms with E-state index in [1.54, 1.807) is 0 Å². The number of anilines is 1. The van der Waals surface area contributed by atoms with E-state index in [0.717, 1.165) is 38.4 Å². The maximum Gasteiger partial charge on any atom is 0.129 e. The van der Waals surface area contributed by atoms with Crippen LogP contribution in [0.5, 0.6) is 0 Å². The number of rotatable bonds is 3. The van der Waals surface area contributed by atoms with Gasteiger partial charge in [0.2, 0.25) is 0 Å². The smallest absolute Gasteiger partial charge is 0.129 e. The molecule has 2 heterocycles. The molecule has 17 heavy (non-hydrogen) atoms. The number of aromatic nitrogens is 1. The van der Waals surface area contributed by atoms with Crippen LogP contribution in [0.2, 0.25) is 5.15 Å². The van der Waals surface area contributed by atoms with Crippen LogP contribution in [0.15, 0.2) is 12.3 Å². The molecule has 0 aromatic carbocycles. The number of aliphatic hydroxyl groups is 1. The highest BCUT2D eigenvalue weighted by molar-refractivity contribution is 6.29. The molecule has 2 rings (SSSR count). The summed E-state index contributed by atoms with van der Waals surface area (Å²) < 4.78 is 0. The highest BCUT2D eigenvalue weighted by Crippen LogP contribution is 2.22. The van der Waals surface area contributed by atoms with Crippen LogP contribution in [-0.2, 0) is 0 Å². The Morgan fingerprint density at radius 2 is 2.06 bits per heavy atom. The van der Waals surface area contributed by atoms with Crippen LogP contribution in [0.4, 0.5) is 5.69 Å². The molecule has 0 amide bonds. The molecule has 1 aromatic heterocycles. The average molecular weight is 256 g/mol. The minimum atomic E-state index is 0.238. The molecule has 1 saturated heterocycles. The van der Waals surface area contributed by atoms with Gasteiger partial charge in [-0.3, -0.25) is 4.90 Å². The first-order valence-electron chi connectivity index (χ1n) is 5.91. The van der Waals surface area contributed by atoms with E-state index in [0.29, 0.717) is 5.15 Å². The summed E-state index contributed by atoms with van der Waals surface area (Å²) in [7, 11) is 0. The molecule has 1 N–H and O–H groups in total. The van der Waals surface area contributed by atoms with Crippen LogP contribution in [0.25, 0.3) is 0 Å². The molecular weight excluding hydrogens is 238 g/mol. The quantitative estimate of drug-likeness (QED) is 0.823. The first kappa shape index (κ1) is 12.6. The zero-order chi connectivity index (χ0) is 12.3. The van der Waals surface area contributed by atoms with Crippen molar-refractivity contribution in [2.24, 2.45) is 0 Å². The predicted octanol–water partition coefficient (Wildman–Crippen LogP) is 1.16. The fourth-order valence-electron chi connectivity index (χ4n) is 2.20. The Kier molecular flexibility index (Phi) is 4.20. The average Bonchev–Trinajstić information content (AvgIpc) is 2.31. The topological polar surface area (TPSA) is 39.6 Å². The van der Waals surface area contributed by atoms with Gasteiger partial charge in [-0.25, -0.2) is 4.98 Å². The molecule has 1 fully saturated rings. The highest BCUT2D eigenvalue weighted by atomic mass is 35.5. The van der Waals surface area contributed by atoms with Crippen molar-refractivity contribution < 1.29 is 5.11 Å². The van der Waals surface area contributed by atoms with E-state index in [1.807, 2.05) is 12.3 Å². The number of aryl methyl sites for hydroxylation is 1. The summed E-state index contributed by atoms with van der Waals surface area (Å²) in [5.74, 6) is 0. The maximum atomic E-state index is 8.90. The fourth-order valence-corrected chi connectivity index (χ4v) is 2.41. The summed E-state index contributed by atoms with van der Waals surface area (Å²) in [6.45, 7) is 7.00. The summed E-state index contributed by atoms with van der Waals surface area (Å²) in [5.41, 5.74) is 2.33. The van der Waals surface area contributed by atoms with Crippen molar-refractivity contribution in [3.8, 4) is 0 Å². The molecule has 5 heteroatoms. The zero-order valence-corrected chi connectivity index (χ0v) is 10.8. The van der Waals surface area contributed by atoms with Gasteiger partial charge in [-0.2, -0.15) is 0 Å². The van der Waals surface area contributed by atoms with Gasteiger partial charge in [0.05, 0.1) is 18.5 Å². The lowest BCUT2D eigenvalue weighted by atomic mass is 10.2. The van der Waals surface area contributed by atoms with Crippen molar-refractivity contribution >= 4 is 17.3 Å². The standard InChI is InChI=1S/C12H18ClN3O/c1-10-8-12(13)14-9-11(10)16-4-2-15(3-5-16)6-7-17/h8-9,17H,2-7H2,1H3. The highest BCUT2D eigenvalue weighted by Gasteiger charge is 2.18. The lowest BCUT2D eigenvalue weighted by Crippen LogP contribution is -2.47. The van der Waals surface area contributed by atoms with E-state index in [1.165, 1.54) is 5.56 Å². The van der Waals surface area contributed by atoms with E-state index < -0.39 is 0 Å². The van der Waals surface area contributed by atoms with Gasteiger partial charge in [-0.05, 0) is 18.6 Å². The molecule has 94 valence electrons. The molecule has 0 radical (unpaired) electrons. The second-order valence-corrected chi connectivity index (χ2v) is 4.73. The zero-order valence-electron chi connectivity index (χ0n) is 10.1. The lowest BCUT2D eigenvalue weighted by molar-refractivity contribution is 0.188. The van der Waals surface area contributed by atoms with E-state index in [4.69, 9.17) is 16.7 Å². The number of nitrogens with zero attached hydrogens (tertiary/aromatic N) is 3. The number of hydrogen-bond donors (Lipinski definition) is 1. The lowest BCUT2D eigenvalue weighted by Gasteiger charge is -2.36. The summed E-state index contributed by atoms with van der Waals surface area (Å²) in [5, 5.41) is 9.44. The monoisotopic (exact) mass is 255 g/mol. The van der Waals surface area contributed by atoms with Gasteiger partial charge in [-0.1, -0.05) is 11.6 Å². The minimum Gasteiger partial charge on any atom is -0.395 e. The summed E-state index contributed by atoms with van der Waals surface area (Å²) >= 11 is 5.85. The van der Waals surface area contributed by atoms with Gasteiger partial charge in [0.1, 0.15) is 5.15 Å². The molecule has 0 unspecified atom stereocenters.